The summed E-state index contributed by atoms with van der Waals surface area (Å²) >= 11 is 0. The van der Waals surface area contributed by atoms with Crippen molar-refractivity contribution >= 4 is 5.91 Å². The maximum Gasteiger partial charge on any atom is 0.263 e. The molecule has 0 radical (unpaired) electrons. The van der Waals surface area contributed by atoms with Crippen molar-refractivity contribution in [2.75, 3.05) is 7.05 Å². The molecule has 1 unspecified atom stereocenters. The van der Waals surface area contributed by atoms with Crippen LogP contribution in [0.15, 0.2) is 41.3 Å². The molecule has 0 spiro atoms. The molecule has 1 aromatic carbocycles. The summed E-state index contributed by atoms with van der Waals surface area (Å²) < 4.78 is 28.1. The number of nitrogens with zero attached hydrogens (tertiary/aromatic N) is 2. The maximum absolute atomic E-state index is 13.8. The molecule has 25 heavy (non-hydrogen) atoms. The minimum absolute atomic E-state index is 0.0556. The molecule has 2 aromatic rings. The monoisotopic (exact) mass is 346 g/mol. The molecule has 1 saturated carbocycles. The van der Waals surface area contributed by atoms with Gasteiger partial charge in [0.1, 0.15) is 17.2 Å². The van der Waals surface area contributed by atoms with Gasteiger partial charge in [-0.2, -0.15) is 0 Å². The van der Waals surface area contributed by atoms with E-state index in [4.69, 9.17) is 0 Å². The van der Waals surface area contributed by atoms with Gasteiger partial charge in [0.25, 0.3) is 11.5 Å². The third kappa shape index (κ3) is 3.62. The van der Waals surface area contributed by atoms with Gasteiger partial charge >= 0.3 is 0 Å². The minimum atomic E-state index is -0.719. The number of hydrogen-bond acceptors (Lipinski definition) is 2. The van der Waals surface area contributed by atoms with Crippen molar-refractivity contribution in [2.45, 2.75) is 32.4 Å². The Hall–Kier alpha value is -2.50. The zero-order valence-corrected chi connectivity index (χ0v) is 14.2. The Morgan fingerprint density at radius 3 is 2.68 bits per heavy atom. The van der Waals surface area contributed by atoms with Crippen molar-refractivity contribution in [2.24, 2.45) is 5.92 Å². The lowest BCUT2D eigenvalue weighted by molar-refractivity contribution is 0.0725. The Bertz CT molecular complexity index is 859. The highest BCUT2D eigenvalue weighted by atomic mass is 19.1. The average molecular weight is 346 g/mol. The van der Waals surface area contributed by atoms with Crippen LogP contribution in [0.1, 0.15) is 35.7 Å². The molecule has 0 aliphatic heterocycles. The van der Waals surface area contributed by atoms with Crippen molar-refractivity contribution < 1.29 is 13.6 Å². The lowest BCUT2D eigenvalue weighted by atomic mass is 10.1. The van der Waals surface area contributed by atoms with Crippen molar-refractivity contribution in [1.82, 2.24) is 9.47 Å². The molecule has 132 valence electrons. The van der Waals surface area contributed by atoms with Crippen LogP contribution in [-0.2, 0) is 6.54 Å². The molecule has 1 aliphatic rings. The molecule has 1 heterocycles. The summed E-state index contributed by atoms with van der Waals surface area (Å²) in [4.78, 5) is 26.9. The number of halogens is 2. The Morgan fingerprint density at radius 1 is 1.32 bits per heavy atom. The van der Waals surface area contributed by atoms with Gasteiger partial charge in [0.15, 0.2) is 0 Å². The molecule has 1 atom stereocenters. The number of carbonyl (C=O) groups is 1. The van der Waals surface area contributed by atoms with Crippen LogP contribution < -0.4 is 5.56 Å². The molecule has 1 aromatic heterocycles. The van der Waals surface area contributed by atoms with Gasteiger partial charge in [-0.25, -0.2) is 8.78 Å². The van der Waals surface area contributed by atoms with Gasteiger partial charge < -0.3 is 9.47 Å². The molecule has 0 N–H and O–H groups in total. The van der Waals surface area contributed by atoms with E-state index in [1.807, 2.05) is 6.92 Å². The number of benzene rings is 1. The Labute approximate surface area is 144 Å². The third-order valence-corrected chi connectivity index (χ3v) is 4.84. The van der Waals surface area contributed by atoms with E-state index in [0.29, 0.717) is 5.92 Å². The smallest absolute Gasteiger partial charge is 0.263 e. The fourth-order valence-electron chi connectivity index (χ4n) is 2.93. The van der Waals surface area contributed by atoms with E-state index in [9.17, 15) is 18.4 Å². The predicted molar refractivity (Wildman–Crippen MR) is 90.4 cm³/mol. The van der Waals surface area contributed by atoms with Crippen LogP contribution in [0.3, 0.4) is 0 Å². The van der Waals surface area contributed by atoms with Gasteiger partial charge in [0.05, 0.1) is 6.54 Å². The first-order chi connectivity index (χ1) is 11.9. The number of pyridine rings is 1. The highest BCUT2D eigenvalue weighted by Gasteiger charge is 2.33. The summed E-state index contributed by atoms with van der Waals surface area (Å²) in [6.45, 7) is 1.92. The molecule has 0 bridgehead atoms. The zero-order chi connectivity index (χ0) is 18.1. The van der Waals surface area contributed by atoms with Crippen molar-refractivity contribution in [1.29, 1.82) is 0 Å². The summed E-state index contributed by atoms with van der Waals surface area (Å²) in [6, 6.07) is 6.37. The lowest BCUT2D eigenvalue weighted by Gasteiger charge is -2.24. The lowest BCUT2D eigenvalue weighted by Crippen LogP contribution is -2.40. The van der Waals surface area contributed by atoms with Crippen molar-refractivity contribution in [3.05, 3.63) is 69.6 Å². The summed E-state index contributed by atoms with van der Waals surface area (Å²) in [5.41, 5.74) is -0.237. The quantitative estimate of drug-likeness (QED) is 0.835. The molecule has 6 heteroatoms. The topological polar surface area (TPSA) is 42.3 Å². The highest BCUT2D eigenvalue weighted by Crippen LogP contribution is 2.34. The van der Waals surface area contributed by atoms with Gasteiger partial charge in [0, 0.05) is 30.9 Å². The molecule has 3 rings (SSSR count). The molecular weight excluding hydrogens is 326 g/mol. The van der Waals surface area contributed by atoms with Crippen LogP contribution in [-0.4, -0.2) is 28.5 Å². The number of aromatic nitrogens is 1. The fourth-order valence-corrected chi connectivity index (χ4v) is 2.93. The third-order valence-electron chi connectivity index (χ3n) is 4.84. The Balaban J connectivity index is 1.86. The first-order valence-electron chi connectivity index (χ1n) is 8.29. The van der Waals surface area contributed by atoms with Crippen LogP contribution in [0.25, 0.3) is 0 Å². The summed E-state index contributed by atoms with van der Waals surface area (Å²) in [7, 11) is 1.70. The Kier molecular flexibility index (Phi) is 4.70. The average Bonchev–Trinajstić information content (AvgIpc) is 3.42. The molecule has 1 aliphatic carbocycles. The van der Waals surface area contributed by atoms with Crippen molar-refractivity contribution in [3.63, 3.8) is 0 Å². The molecule has 4 nitrogen and oxygen atoms in total. The van der Waals surface area contributed by atoms with E-state index in [1.54, 1.807) is 18.0 Å². The van der Waals surface area contributed by atoms with Gasteiger partial charge in [-0.3, -0.25) is 9.59 Å². The van der Waals surface area contributed by atoms with Crippen molar-refractivity contribution in [3.8, 4) is 0 Å². The summed E-state index contributed by atoms with van der Waals surface area (Å²) in [6.07, 6.45) is 3.69. The van der Waals surface area contributed by atoms with E-state index >= 15 is 0 Å². The molecule has 1 fully saturated rings. The zero-order valence-electron chi connectivity index (χ0n) is 14.2. The molecular formula is C19H20F2N2O2. The first kappa shape index (κ1) is 17.3. The number of carbonyl (C=O) groups excluding carboxylic acids is 1. The first-order valence-corrected chi connectivity index (χ1v) is 8.29. The number of amides is 1. The standard InChI is InChI=1S/C19H20F2N2O2/c1-12(13-5-6-13)22(2)18(24)16-4-3-9-23(19(16)25)11-14-7-8-15(20)10-17(14)21/h3-4,7-10,12-13H,5-6,11H2,1-2H3. The molecule has 1 amide bonds. The number of rotatable bonds is 5. The predicted octanol–water partition coefficient (Wildman–Crippen LogP) is 3.05. The maximum atomic E-state index is 13.8. The second kappa shape index (κ2) is 6.78. The second-order valence-corrected chi connectivity index (χ2v) is 6.58. The largest absolute Gasteiger partial charge is 0.339 e. The SMILES string of the molecule is CC(C1CC1)N(C)C(=O)c1cccn(Cc2ccc(F)cc2F)c1=O. The van der Waals surface area contributed by atoms with Crippen LogP contribution in [0.5, 0.6) is 0 Å². The summed E-state index contributed by atoms with van der Waals surface area (Å²) in [5.74, 6) is -1.23. The highest BCUT2D eigenvalue weighted by molar-refractivity contribution is 5.93. The van der Waals surface area contributed by atoms with Gasteiger partial charge in [-0.1, -0.05) is 6.07 Å². The second-order valence-electron chi connectivity index (χ2n) is 6.58. The molecule has 0 saturated heterocycles. The van der Waals surface area contributed by atoms with Gasteiger partial charge in [-0.15, -0.1) is 0 Å². The van der Waals surface area contributed by atoms with Crippen LogP contribution in [0.2, 0.25) is 0 Å². The van der Waals surface area contributed by atoms with Crippen LogP contribution in [0, 0.1) is 17.6 Å². The fraction of sp³-hybridized carbons (Fsp3) is 0.368. The van der Waals surface area contributed by atoms with E-state index in [1.165, 1.54) is 22.9 Å². The van der Waals surface area contributed by atoms with Crippen LogP contribution >= 0.6 is 0 Å². The van der Waals surface area contributed by atoms with Crippen LogP contribution in [0.4, 0.5) is 8.78 Å². The van der Waals surface area contributed by atoms with Gasteiger partial charge in [0.2, 0.25) is 0 Å². The Morgan fingerprint density at radius 2 is 2.04 bits per heavy atom. The van der Waals surface area contributed by atoms with E-state index in [0.717, 1.165) is 25.0 Å². The van der Waals surface area contributed by atoms with E-state index < -0.39 is 17.2 Å². The summed E-state index contributed by atoms with van der Waals surface area (Å²) in [5, 5.41) is 0. The van der Waals surface area contributed by atoms with E-state index in [2.05, 4.69) is 0 Å². The number of hydrogen-bond donors (Lipinski definition) is 0. The van der Waals surface area contributed by atoms with E-state index in [-0.39, 0.29) is 29.6 Å². The van der Waals surface area contributed by atoms with Gasteiger partial charge in [-0.05, 0) is 43.9 Å². The minimum Gasteiger partial charge on any atom is -0.339 e. The normalized spacial score (nSPS) is 15.0.